The molecule has 0 aliphatic heterocycles. The lowest BCUT2D eigenvalue weighted by molar-refractivity contribution is -0.118. The lowest BCUT2D eigenvalue weighted by Crippen LogP contribution is -2.17. The third-order valence-corrected chi connectivity index (χ3v) is 3.58. The first-order valence-corrected chi connectivity index (χ1v) is 7.17. The third-order valence-electron chi connectivity index (χ3n) is 3.32. The summed E-state index contributed by atoms with van der Waals surface area (Å²) in [5.41, 5.74) is 8.01. The zero-order valence-electron chi connectivity index (χ0n) is 11.7. The highest BCUT2D eigenvalue weighted by molar-refractivity contribution is 6.30. The fourth-order valence-corrected chi connectivity index (χ4v) is 2.47. The molecule has 0 spiro atoms. The van der Waals surface area contributed by atoms with Crippen molar-refractivity contribution in [1.82, 2.24) is 4.57 Å². The summed E-state index contributed by atoms with van der Waals surface area (Å²) in [6.07, 6.45) is 3.66. The number of amides is 1. The van der Waals surface area contributed by atoms with E-state index in [4.69, 9.17) is 17.3 Å². The van der Waals surface area contributed by atoms with Crippen LogP contribution in [0.4, 0.5) is 5.69 Å². The highest BCUT2D eigenvalue weighted by atomic mass is 35.5. The van der Waals surface area contributed by atoms with Crippen molar-refractivity contribution in [3.63, 3.8) is 0 Å². The molecule has 0 fully saturated rings. The third kappa shape index (κ3) is 3.02. The lowest BCUT2D eigenvalue weighted by atomic mass is 10.2. The maximum atomic E-state index is 11.2. The Morgan fingerprint density at radius 3 is 2.64 bits per heavy atom. The van der Waals surface area contributed by atoms with Gasteiger partial charge in [-0.15, -0.1) is 0 Å². The second kappa shape index (κ2) is 6.03. The molecule has 4 nitrogen and oxygen atoms in total. The van der Waals surface area contributed by atoms with Crippen molar-refractivity contribution >= 4 is 40.3 Å². The highest BCUT2D eigenvalue weighted by Gasteiger charge is 2.07. The molecule has 22 heavy (non-hydrogen) atoms. The van der Waals surface area contributed by atoms with Gasteiger partial charge in [0.25, 0.3) is 0 Å². The first kappa shape index (κ1) is 14.4. The van der Waals surface area contributed by atoms with Gasteiger partial charge < -0.3 is 10.3 Å². The van der Waals surface area contributed by atoms with Gasteiger partial charge in [-0.1, -0.05) is 29.8 Å². The standard InChI is InChI=1S/C17H14ClN3O/c18-13-5-7-14(8-6-13)20-9-12-10-21(11-17(19)22)16-4-2-1-3-15(12)16/h1-10H,11H2,(H2,19,22). The van der Waals surface area contributed by atoms with Gasteiger partial charge in [0.15, 0.2) is 0 Å². The minimum Gasteiger partial charge on any atom is -0.368 e. The van der Waals surface area contributed by atoms with E-state index in [1.807, 2.05) is 47.2 Å². The van der Waals surface area contributed by atoms with Gasteiger partial charge in [0.1, 0.15) is 6.54 Å². The molecular weight excluding hydrogens is 298 g/mol. The summed E-state index contributed by atoms with van der Waals surface area (Å²) >= 11 is 5.86. The van der Waals surface area contributed by atoms with Crippen LogP contribution in [0.2, 0.25) is 5.02 Å². The van der Waals surface area contributed by atoms with Crippen LogP contribution in [0.5, 0.6) is 0 Å². The van der Waals surface area contributed by atoms with E-state index in [0.29, 0.717) is 5.02 Å². The first-order valence-electron chi connectivity index (χ1n) is 6.79. The van der Waals surface area contributed by atoms with Crippen LogP contribution in [0.15, 0.2) is 59.7 Å². The van der Waals surface area contributed by atoms with Crippen molar-refractivity contribution < 1.29 is 4.79 Å². The van der Waals surface area contributed by atoms with Crippen LogP contribution >= 0.6 is 11.6 Å². The van der Waals surface area contributed by atoms with Gasteiger partial charge in [0.2, 0.25) is 5.91 Å². The minimum atomic E-state index is -0.373. The Morgan fingerprint density at radius 1 is 1.18 bits per heavy atom. The van der Waals surface area contributed by atoms with Gasteiger partial charge in [-0.25, -0.2) is 0 Å². The van der Waals surface area contributed by atoms with Crippen LogP contribution in [-0.2, 0) is 11.3 Å². The van der Waals surface area contributed by atoms with E-state index in [0.717, 1.165) is 22.2 Å². The maximum absolute atomic E-state index is 11.2. The Kier molecular flexibility index (Phi) is 3.94. The molecule has 0 saturated heterocycles. The Hall–Kier alpha value is -2.59. The smallest absolute Gasteiger partial charge is 0.237 e. The highest BCUT2D eigenvalue weighted by Crippen LogP contribution is 2.21. The van der Waals surface area contributed by atoms with E-state index in [1.54, 1.807) is 18.3 Å². The van der Waals surface area contributed by atoms with Gasteiger partial charge in [-0.3, -0.25) is 9.79 Å². The fourth-order valence-electron chi connectivity index (χ4n) is 2.35. The van der Waals surface area contributed by atoms with Crippen molar-refractivity contribution in [3.8, 4) is 0 Å². The molecule has 1 aromatic heterocycles. The van der Waals surface area contributed by atoms with Crippen molar-refractivity contribution in [3.05, 3.63) is 65.3 Å². The van der Waals surface area contributed by atoms with E-state index >= 15 is 0 Å². The molecule has 0 atom stereocenters. The number of carbonyl (C=O) groups excluding carboxylic acids is 1. The average Bonchev–Trinajstić information content (AvgIpc) is 2.84. The summed E-state index contributed by atoms with van der Waals surface area (Å²) in [5, 5.41) is 1.71. The normalized spacial score (nSPS) is 11.3. The molecule has 0 radical (unpaired) electrons. The zero-order valence-corrected chi connectivity index (χ0v) is 12.5. The molecule has 0 bridgehead atoms. The Balaban J connectivity index is 1.99. The number of primary amides is 1. The Morgan fingerprint density at radius 2 is 1.91 bits per heavy atom. The molecule has 0 aliphatic carbocycles. The van der Waals surface area contributed by atoms with Crippen LogP contribution in [0, 0.1) is 0 Å². The number of halogens is 1. The van der Waals surface area contributed by atoms with Crippen LogP contribution in [0.25, 0.3) is 10.9 Å². The molecule has 3 rings (SSSR count). The minimum absolute atomic E-state index is 0.148. The van der Waals surface area contributed by atoms with E-state index in [-0.39, 0.29) is 12.5 Å². The summed E-state index contributed by atoms with van der Waals surface area (Å²) in [5.74, 6) is -0.373. The molecular formula is C17H14ClN3O. The van der Waals surface area contributed by atoms with Crippen LogP contribution in [-0.4, -0.2) is 16.7 Å². The Bertz CT molecular complexity index is 850. The number of nitrogens with two attached hydrogens (primary N) is 1. The number of nitrogens with zero attached hydrogens (tertiary/aromatic N) is 2. The molecule has 5 heteroatoms. The van der Waals surface area contributed by atoms with Crippen molar-refractivity contribution in [2.75, 3.05) is 0 Å². The summed E-state index contributed by atoms with van der Waals surface area (Å²) in [7, 11) is 0. The predicted octanol–water partition coefficient (Wildman–Crippen LogP) is 3.53. The summed E-state index contributed by atoms with van der Waals surface area (Å²) in [4.78, 5) is 15.6. The molecule has 0 saturated carbocycles. The number of hydrogen-bond acceptors (Lipinski definition) is 2. The van der Waals surface area contributed by atoms with Crippen molar-refractivity contribution in [2.24, 2.45) is 10.7 Å². The van der Waals surface area contributed by atoms with E-state index in [2.05, 4.69) is 4.99 Å². The van der Waals surface area contributed by atoms with Gasteiger partial charge in [0, 0.05) is 33.9 Å². The predicted molar refractivity (Wildman–Crippen MR) is 89.8 cm³/mol. The number of carbonyl (C=O) groups is 1. The number of para-hydroxylation sites is 1. The van der Waals surface area contributed by atoms with Crippen molar-refractivity contribution in [2.45, 2.75) is 6.54 Å². The average molecular weight is 312 g/mol. The van der Waals surface area contributed by atoms with Crippen LogP contribution < -0.4 is 5.73 Å². The molecule has 0 aliphatic rings. The summed E-state index contributed by atoms with van der Waals surface area (Å²) in [6, 6.07) is 15.1. The van der Waals surface area contributed by atoms with Crippen LogP contribution in [0.3, 0.4) is 0 Å². The quantitative estimate of drug-likeness (QED) is 0.736. The lowest BCUT2D eigenvalue weighted by Gasteiger charge is -2.00. The zero-order chi connectivity index (χ0) is 15.5. The van der Waals surface area contributed by atoms with E-state index in [1.165, 1.54) is 0 Å². The fraction of sp³-hybridized carbons (Fsp3) is 0.0588. The second-order valence-corrected chi connectivity index (χ2v) is 5.37. The van der Waals surface area contributed by atoms with E-state index < -0.39 is 0 Å². The van der Waals surface area contributed by atoms with Crippen molar-refractivity contribution in [1.29, 1.82) is 0 Å². The number of aliphatic imine (C=N–C) groups is 1. The molecule has 1 amide bonds. The molecule has 1 heterocycles. The number of fused-ring (bicyclic) bond motifs is 1. The molecule has 110 valence electrons. The van der Waals surface area contributed by atoms with Gasteiger partial charge in [-0.2, -0.15) is 0 Å². The largest absolute Gasteiger partial charge is 0.368 e. The maximum Gasteiger partial charge on any atom is 0.237 e. The Labute approximate surface area is 132 Å². The number of hydrogen-bond donors (Lipinski definition) is 1. The number of rotatable bonds is 4. The SMILES string of the molecule is NC(=O)Cn1cc(C=Nc2ccc(Cl)cc2)c2ccccc21. The van der Waals surface area contributed by atoms with E-state index in [9.17, 15) is 4.79 Å². The molecule has 0 unspecified atom stereocenters. The molecule has 2 aromatic carbocycles. The molecule has 3 aromatic rings. The van der Waals surface area contributed by atoms with Crippen LogP contribution in [0.1, 0.15) is 5.56 Å². The summed E-state index contributed by atoms with van der Waals surface area (Å²) in [6.45, 7) is 0.148. The number of aromatic nitrogens is 1. The van der Waals surface area contributed by atoms with Gasteiger partial charge in [0.05, 0.1) is 5.69 Å². The first-order chi connectivity index (χ1) is 10.6. The summed E-state index contributed by atoms with van der Waals surface area (Å²) < 4.78 is 1.83. The monoisotopic (exact) mass is 311 g/mol. The van der Waals surface area contributed by atoms with Gasteiger partial charge in [-0.05, 0) is 30.3 Å². The van der Waals surface area contributed by atoms with Gasteiger partial charge >= 0.3 is 0 Å². The topological polar surface area (TPSA) is 60.4 Å². The molecule has 2 N–H and O–H groups in total. The number of benzene rings is 2. The second-order valence-electron chi connectivity index (χ2n) is 4.93.